The standard InChI is InChI=1S/C15H15F4N3/c16-11-4-7-22(8-5-11)14-2-1-10(13-3-6-20-21-13)9-12(14)15(17,18)19/h1-3,6,9,11H,4-5,7-8H2,(H,20,21). The number of alkyl halides is 4. The fraction of sp³-hybridized carbons (Fsp3) is 0.400. The van der Waals surface area contributed by atoms with Gasteiger partial charge < -0.3 is 4.90 Å². The van der Waals surface area contributed by atoms with E-state index in [4.69, 9.17) is 0 Å². The van der Waals surface area contributed by atoms with Gasteiger partial charge in [-0.25, -0.2) is 4.39 Å². The molecule has 1 fully saturated rings. The maximum absolute atomic E-state index is 13.4. The summed E-state index contributed by atoms with van der Waals surface area (Å²) in [4.78, 5) is 1.61. The van der Waals surface area contributed by atoms with E-state index < -0.39 is 17.9 Å². The van der Waals surface area contributed by atoms with Crippen LogP contribution in [-0.2, 0) is 6.18 Å². The summed E-state index contributed by atoms with van der Waals surface area (Å²) in [5.41, 5.74) is 0.369. The van der Waals surface area contributed by atoms with Crippen molar-refractivity contribution in [2.75, 3.05) is 18.0 Å². The van der Waals surface area contributed by atoms with Crippen LogP contribution in [-0.4, -0.2) is 29.5 Å². The number of halogens is 4. The van der Waals surface area contributed by atoms with Crippen molar-refractivity contribution in [1.29, 1.82) is 0 Å². The number of nitrogens with zero attached hydrogens (tertiary/aromatic N) is 2. The van der Waals surface area contributed by atoms with Gasteiger partial charge in [0.25, 0.3) is 0 Å². The molecule has 0 saturated carbocycles. The molecular formula is C15H15F4N3. The molecule has 1 saturated heterocycles. The van der Waals surface area contributed by atoms with Crippen LogP contribution in [0.2, 0.25) is 0 Å². The number of piperidine rings is 1. The summed E-state index contributed by atoms with van der Waals surface area (Å²) in [6.45, 7) is 0.599. The van der Waals surface area contributed by atoms with Crippen molar-refractivity contribution in [3.05, 3.63) is 36.0 Å². The van der Waals surface area contributed by atoms with Crippen LogP contribution in [0.5, 0.6) is 0 Å². The first-order chi connectivity index (χ1) is 10.4. The van der Waals surface area contributed by atoms with Gasteiger partial charge in [0.1, 0.15) is 6.17 Å². The maximum atomic E-state index is 13.4. The third-order valence-electron chi connectivity index (χ3n) is 3.88. The second kappa shape index (κ2) is 5.62. The van der Waals surface area contributed by atoms with Gasteiger partial charge in [-0.15, -0.1) is 0 Å². The Balaban J connectivity index is 1.99. The monoisotopic (exact) mass is 313 g/mol. The van der Waals surface area contributed by atoms with E-state index in [-0.39, 0.29) is 18.5 Å². The molecule has 0 atom stereocenters. The molecule has 0 amide bonds. The van der Waals surface area contributed by atoms with Crippen molar-refractivity contribution in [3.8, 4) is 11.3 Å². The highest BCUT2D eigenvalue weighted by molar-refractivity contribution is 5.67. The average molecular weight is 313 g/mol. The zero-order valence-corrected chi connectivity index (χ0v) is 11.7. The Labute approximate surface area is 124 Å². The fourth-order valence-corrected chi connectivity index (χ4v) is 2.71. The Kier molecular flexibility index (Phi) is 3.80. The van der Waals surface area contributed by atoms with Gasteiger partial charge in [0.05, 0.1) is 11.3 Å². The van der Waals surface area contributed by atoms with Crippen LogP contribution in [0.15, 0.2) is 30.5 Å². The zero-order valence-electron chi connectivity index (χ0n) is 11.7. The van der Waals surface area contributed by atoms with Crippen molar-refractivity contribution in [2.45, 2.75) is 25.2 Å². The first-order valence-electron chi connectivity index (χ1n) is 7.05. The van der Waals surface area contributed by atoms with Crippen molar-refractivity contribution in [2.24, 2.45) is 0 Å². The second-order valence-corrected chi connectivity index (χ2v) is 5.36. The predicted molar refractivity (Wildman–Crippen MR) is 75.4 cm³/mol. The molecule has 1 aromatic heterocycles. The minimum atomic E-state index is -4.46. The Morgan fingerprint density at radius 3 is 2.45 bits per heavy atom. The van der Waals surface area contributed by atoms with E-state index >= 15 is 0 Å². The molecule has 0 aliphatic carbocycles. The first-order valence-corrected chi connectivity index (χ1v) is 7.05. The Morgan fingerprint density at radius 2 is 1.86 bits per heavy atom. The van der Waals surface area contributed by atoms with Crippen molar-refractivity contribution in [1.82, 2.24) is 10.2 Å². The number of nitrogens with one attached hydrogen (secondary N) is 1. The third kappa shape index (κ3) is 2.93. The summed E-state index contributed by atoms with van der Waals surface area (Å²) in [5.74, 6) is 0. The minimum absolute atomic E-state index is 0.114. The lowest BCUT2D eigenvalue weighted by atomic mass is 10.0. The lowest BCUT2D eigenvalue weighted by molar-refractivity contribution is -0.137. The summed E-state index contributed by atoms with van der Waals surface area (Å²) in [7, 11) is 0. The smallest absolute Gasteiger partial charge is 0.371 e. The van der Waals surface area contributed by atoms with Gasteiger partial charge in [0.2, 0.25) is 0 Å². The first kappa shape index (κ1) is 14.9. The lowest BCUT2D eigenvalue weighted by Gasteiger charge is -2.32. The van der Waals surface area contributed by atoms with Crippen molar-refractivity contribution < 1.29 is 17.6 Å². The number of anilines is 1. The van der Waals surface area contributed by atoms with Crippen LogP contribution in [0.25, 0.3) is 11.3 Å². The molecular weight excluding hydrogens is 298 g/mol. The number of hydrogen-bond donors (Lipinski definition) is 1. The number of aromatic amines is 1. The van der Waals surface area contributed by atoms with E-state index in [0.29, 0.717) is 24.3 Å². The molecule has 118 valence electrons. The van der Waals surface area contributed by atoms with Crippen LogP contribution in [0.3, 0.4) is 0 Å². The number of hydrogen-bond acceptors (Lipinski definition) is 2. The molecule has 0 spiro atoms. The molecule has 2 aromatic rings. The summed E-state index contributed by atoms with van der Waals surface area (Å²) in [6.07, 6.45) is -3.37. The van der Waals surface area contributed by atoms with Gasteiger partial charge >= 0.3 is 6.18 Å². The highest BCUT2D eigenvalue weighted by atomic mass is 19.4. The zero-order chi connectivity index (χ0) is 15.7. The molecule has 7 heteroatoms. The third-order valence-corrected chi connectivity index (χ3v) is 3.88. The van der Waals surface area contributed by atoms with Crippen LogP contribution in [0.1, 0.15) is 18.4 Å². The summed E-state index contributed by atoms with van der Waals surface area (Å²) >= 11 is 0. The van der Waals surface area contributed by atoms with Crippen LogP contribution < -0.4 is 4.90 Å². The number of H-pyrrole nitrogens is 1. The van der Waals surface area contributed by atoms with Gasteiger partial charge in [-0.3, -0.25) is 5.10 Å². The minimum Gasteiger partial charge on any atom is -0.371 e. The molecule has 3 nitrogen and oxygen atoms in total. The molecule has 3 rings (SSSR count). The Hall–Kier alpha value is -2.05. The van der Waals surface area contributed by atoms with Crippen LogP contribution in [0, 0.1) is 0 Å². The Morgan fingerprint density at radius 1 is 1.14 bits per heavy atom. The van der Waals surface area contributed by atoms with E-state index in [9.17, 15) is 17.6 Å². The van der Waals surface area contributed by atoms with E-state index in [1.54, 1.807) is 17.0 Å². The van der Waals surface area contributed by atoms with Crippen molar-refractivity contribution in [3.63, 3.8) is 0 Å². The molecule has 1 aromatic carbocycles. The molecule has 0 radical (unpaired) electrons. The molecule has 1 aliphatic heterocycles. The van der Waals surface area contributed by atoms with Crippen molar-refractivity contribution >= 4 is 5.69 Å². The second-order valence-electron chi connectivity index (χ2n) is 5.36. The normalized spacial score (nSPS) is 17.0. The summed E-state index contributed by atoms with van der Waals surface area (Å²) in [6, 6.07) is 5.81. The predicted octanol–water partition coefficient (Wildman–Crippen LogP) is 4.03. The lowest BCUT2D eigenvalue weighted by Crippen LogP contribution is -2.35. The SMILES string of the molecule is FC1CCN(c2ccc(-c3ccn[nH]3)cc2C(F)(F)F)CC1. The molecule has 22 heavy (non-hydrogen) atoms. The van der Waals surface area contributed by atoms with Crippen LogP contribution >= 0.6 is 0 Å². The average Bonchev–Trinajstić information content (AvgIpc) is 3.01. The van der Waals surface area contributed by atoms with Crippen LogP contribution in [0.4, 0.5) is 23.2 Å². The number of aromatic nitrogens is 2. The van der Waals surface area contributed by atoms with E-state index in [0.717, 1.165) is 6.07 Å². The molecule has 1 aliphatic rings. The Bertz CT molecular complexity index is 629. The maximum Gasteiger partial charge on any atom is 0.418 e. The summed E-state index contributed by atoms with van der Waals surface area (Å²) in [5, 5.41) is 6.41. The van der Waals surface area contributed by atoms with Gasteiger partial charge in [-0.1, -0.05) is 6.07 Å². The van der Waals surface area contributed by atoms with Gasteiger partial charge in [0.15, 0.2) is 0 Å². The van der Waals surface area contributed by atoms with E-state index in [1.807, 2.05) is 0 Å². The number of benzene rings is 1. The number of rotatable bonds is 2. The highest BCUT2D eigenvalue weighted by Crippen LogP contribution is 2.39. The van der Waals surface area contributed by atoms with E-state index in [1.165, 1.54) is 12.3 Å². The quantitative estimate of drug-likeness (QED) is 0.849. The molecule has 2 heterocycles. The largest absolute Gasteiger partial charge is 0.418 e. The topological polar surface area (TPSA) is 31.9 Å². The van der Waals surface area contributed by atoms with E-state index in [2.05, 4.69) is 10.2 Å². The van der Waals surface area contributed by atoms with Gasteiger partial charge in [-0.2, -0.15) is 18.3 Å². The molecule has 1 N–H and O–H groups in total. The highest BCUT2D eigenvalue weighted by Gasteiger charge is 2.36. The molecule has 0 bridgehead atoms. The fourth-order valence-electron chi connectivity index (χ4n) is 2.71. The molecule has 0 unspecified atom stereocenters. The van der Waals surface area contributed by atoms with Gasteiger partial charge in [-0.05, 0) is 31.0 Å². The summed E-state index contributed by atoms with van der Waals surface area (Å²) < 4.78 is 53.3. The van der Waals surface area contributed by atoms with Gasteiger partial charge in [0, 0.05) is 30.5 Å².